The molecule has 0 bridgehead atoms. The molecule has 3 aliphatic heterocycles. The maximum Gasteiger partial charge on any atom is 0.494 e. The lowest BCUT2D eigenvalue weighted by Crippen LogP contribution is -2.41. The van der Waals surface area contributed by atoms with Crippen LogP contribution in [0.3, 0.4) is 0 Å². The first-order chi connectivity index (χ1) is 12.8. The van der Waals surface area contributed by atoms with Crippen LogP contribution in [0.25, 0.3) is 0 Å². The molecular formula is C20H29BO6. The Morgan fingerprint density at radius 3 is 2.07 bits per heavy atom. The second kappa shape index (κ2) is 7.05. The van der Waals surface area contributed by atoms with Crippen LogP contribution in [0.1, 0.15) is 34.6 Å². The van der Waals surface area contributed by atoms with Gasteiger partial charge >= 0.3 is 7.12 Å². The lowest BCUT2D eigenvalue weighted by molar-refractivity contribution is -0.0309. The smallest absolute Gasteiger partial charge is 0.485 e. The summed E-state index contributed by atoms with van der Waals surface area (Å²) in [6.07, 6.45) is -0.245. The monoisotopic (exact) mass is 376 g/mol. The standard InChI is InChI=1S/C20H29BO6/c1-6-22-15-11-23-18-16(12-24-17(15)18)25-14-9-7-13(8-10-14)21-26-19(2,3)20(4,5)27-21/h7-10,15-18H,6,11-12H2,1-5H3/t15-,16+,17-,18-/m0/s1. The zero-order chi connectivity index (χ0) is 19.2. The van der Waals surface area contributed by atoms with Gasteiger partial charge in [0.15, 0.2) is 6.10 Å². The third-order valence-corrected chi connectivity index (χ3v) is 6.04. The minimum atomic E-state index is -0.367. The first kappa shape index (κ1) is 19.2. The van der Waals surface area contributed by atoms with Gasteiger partial charge in [-0.05, 0) is 52.2 Å². The minimum Gasteiger partial charge on any atom is -0.485 e. The number of fused-ring (bicyclic) bond motifs is 1. The molecule has 0 unspecified atom stereocenters. The van der Waals surface area contributed by atoms with Gasteiger partial charge < -0.3 is 28.3 Å². The first-order valence-electron chi connectivity index (χ1n) is 9.78. The second-order valence-corrected chi connectivity index (χ2v) is 8.40. The number of ether oxygens (including phenoxy) is 4. The summed E-state index contributed by atoms with van der Waals surface area (Å²) in [5.74, 6) is 0.785. The minimum absolute atomic E-state index is 0.000603. The molecular weight excluding hydrogens is 347 g/mol. The fraction of sp³-hybridized carbons (Fsp3) is 0.700. The zero-order valence-corrected chi connectivity index (χ0v) is 16.8. The molecule has 1 aromatic carbocycles. The van der Waals surface area contributed by atoms with E-state index in [0.717, 1.165) is 11.2 Å². The molecule has 3 aliphatic rings. The third kappa shape index (κ3) is 3.52. The van der Waals surface area contributed by atoms with Gasteiger partial charge in [-0.2, -0.15) is 0 Å². The molecule has 3 saturated heterocycles. The van der Waals surface area contributed by atoms with E-state index in [9.17, 15) is 0 Å². The van der Waals surface area contributed by atoms with Gasteiger partial charge in [-0.25, -0.2) is 0 Å². The van der Waals surface area contributed by atoms with Crippen LogP contribution in [0.4, 0.5) is 0 Å². The fourth-order valence-electron chi connectivity index (χ4n) is 3.74. The summed E-state index contributed by atoms with van der Waals surface area (Å²) in [5, 5.41) is 0. The van der Waals surface area contributed by atoms with Crippen molar-refractivity contribution in [3.8, 4) is 5.75 Å². The lowest BCUT2D eigenvalue weighted by Gasteiger charge is -2.32. The lowest BCUT2D eigenvalue weighted by atomic mass is 9.79. The Bertz CT molecular complexity index is 645. The molecule has 3 heterocycles. The van der Waals surface area contributed by atoms with Crippen LogP contribution in [0.2, 0.25) is 0 Å². The molecule has 0 radical (unpaired) electrons. The molecule has 0 amide bonds. The Morgan fingerprint density at radius 1 is 0.926 bits per heavy atom. The van der Waals surface area contributed by atoms with Crippen molar-refractivity contribution in [3.05, 3.63) is 24.3 Å². The average molecular weight is 376 g/mol. The summed E-state index contributed by atoms with van der Waals surface area (Å²) < 4.78 is 35.7. The quantitative estimate of drug-likeness (QED) is 0.733. The van der Waals surface area contributed by atoms with Gasteiger partial charge in [0.05, 0.1) is 24.4 Å². The van der Waals surface area contributed by atoms with Gasteiger partial charge in [0.2, 0.25) is 0 Å². The molecule has 148 valence electrons. The SMILES string of the molecule is CCO[C@H]1CO[C@@H]2[C@H]1OC[C@H]2Oc1ccc(B2OC(C)(C)C(C)(C)O2)cc1. The highest BCUT2D eigenvalue weighted by Crippen LogP contribution is 2.36. The van der Waals surface area contributed by atoms with Crippen molar-refractivity contribution < 1.29 is 28.3 Å². The Labute approximate surface area is 161 Å². The highest BCUT2D eigenvalue weighted by atomic mass is 16.7. The van der Waals surface area contributed by atoms with E-state index in [1.807, 2.05) is 31.2 Å². The van der Waals surface area contributed by atoms with Crippen molar-refractivity contribution in [3.63, 3.8) is 0 Å². The highest BCUT2D eigenvalue weighted by molar-refractivity contribution is 6.62. The number of benzene rings is 1. The van der Waals surface area contributed by atoms with Crippen molar-refractivity contribution in [1.82, 2.24) is 0 Å². The maximum absolute atomic E-state index is 6.13. The predicted molar refractivity (Wildman–Crippen MR) is 101 cm³/mol. The molecule has 27 heavy (non-hydrogen) atoms. The van der Waals surface area contributed by atoms with Gasteiger partial charge in [-0.1, -0.05) is 12.1 Å². The molecule has 0 spiro atoms. The normalized spacial score (nSPS) is 34.0. The van der Waals surface area contributed by atoms with Gasteiger partial charge in [-0.3, -0.25) is 0 Å². The highest BCUT2D eigenvalue weighted by Gasteiger charge is 2.52. The Kier molecular flexibility index (Phi) is 5.01. The maximum atomic E-state index is 6.13. The number of rotatable bonds is 5. The van der Waals surface area contributed by atoms with E-state index < -0.39 is 0 Å². The summed E-state index contributed by atoms with van der Waals surface area (Å²) in [5.41, 5.74) is 0.287. The van der Waals surface area contributed by atoms with Crippen molar-refractivity contribution in [2.24, 2.45) is 0 Å². The summed E-state index contributed by atoms with van der Waals surface area (Å²) in [4.78, 5) is 0. The molecule has 4 rings (SSSR count). The summed E-state index contributed by atoms with van der Waals surface area (Å²) in [6.45, 7) is 11.9. The molecule has 0 aliphatic carbocycles. The average Bonchev–Trinajstić information content (AvgIpc) is 3.24. The van der Waals surface area contributed by atoms with Crippen molar-refractivity contribution in [2.75, 3.05) is 19.8 Å². The molecule has 7 heteroatoms. The van der Waals surface area contributed by atoms with Crippen LogP contribution in [-0.2, 0) is 23.5 Å². The van der Waals surface area contributed by atoms with E-state index in [1.165, 1.54) is 0 Å². The zero-order valence-electron chi connectivity index (χ0n) is 16.8. The topological polar surface area (TPSA) is 55.4 Å². The Balaban J connectivity index is 1.38. The number of hydrogen-bond donors (Lipinski definition) is 0. The van der Waals surface area contributed by atoms with Crippen LogP contribution in [0.5, 0.6) is 5.75 Å². The van der Waals surface area contributed by atoms with Gasteiger partial charge in [0.25, 0.3) is 0 Å². The largest absolute Gasteiger partial charge is 0.494 e. The van der Waals surface area contributed by atoms with E-state index >= 15 is 0 Å². The van der Waals surface area contributed by atoms with Gasteiger partial charge in [0.1, 0.15) is 24.1 Å². The summed E-state index contributed by atoms with van der Waals surface area (Å²) in [6, 6.07) is 7.87. The Morgan fingerprint density at radius 2 is 1.48 bits per heavy atom. The van der Waals surface area contributed by atoms with E-state index in [0.29, 0.717) is 19.8 Å². The third-order valence-electron chi connectivity index (χ3n) is 6.04. The summed E-state index contributed by atoms with van der Waals surface area (Å²) in [7, 11) is -0.367. The second-order valence-electron chi connectivity index (χ2n) is 8.40. The number of hydrogen-bond acceptors (Lipinski definition) is 6. The van der Waals surface area contributed by atoms with Crippen molar-refractivity contribution >= 4 is 12.6 Å². The van der Waals surface area contributed by atoms with E-state index in [-0.39, 0.29) is 42.7 Å². The first-order valence-corrected chi connectivity index (χ1v) is 9.78. The molecule has 0 aromatic heterocycles. The van der Waals surface area contributed by atoms with Crippen LogP contribution in [0, 0.1) is 0 Å². The van der Waals surface area contributed by atoms with E-state index in [1.54, 1.807) is 0 Å². The predicted octanol–water partition coefficient (Wildman–Crippen LogP) is 1.94. The molecule has 6 nitrogen and oxygen atoms in total. The van der Waals surface area contributed by atoms with Gasteiger partial charge in [-0.15, -0.1) is 0 Å². The van der Waals surface area contributed by atoms with E-state index in [2.05, 4.69) is 27.7 Å². The molecule has 1 aromatic rings. The molecule has 0 saturated carbocycles. The Hall–Kier alpha value is -1.12. The van der Waals surface area contributed by atoms with Crippen molar-refractivity contribution in [2.45, 2.75) is 70.2 Å². The molecule has 4 atom stereocenters. The van der Waals surface area contributed by atoms with Crippen LogP contribution in [0.15, 0.2) is 24.3 Å². The summed E-state index contributed by atoms with van der Waals surface area (Å²) >= 11 is 0. The molecule has 3 fully saturated rings. The fourth-order valence-corrected chi connectivity index (χ4v) is 3.74. The van der Waals surface area contributed by atoms with Crippen LogP contribution < -0.4 is 10.2 Å². The van der Waals surface area contributed by atoms with Crippen molar-refractivity contribution in [1.29, 1.82) is 0 Å². The van der Waals surface area contributed by atoms with Crippen LogP contribution >= 0.6 is 0 Å². The van der Waals surface area contributed by atoms with E-state index in [4.69, 9.17) is 28.3 Å². The molecule has 0 N–H and O–H groups in total. The van der Waals surface area contributed by atoms with Crippen LogP contribution in [-0.4, -0.2) is 62.6 Å². The van der Waals surface area contributed by atoms with Gasteiger partial charge in [0, 0.05) is 6.61 Å².